The minimum absolute atomic E-state index is 0.0575. The van der Waals surface area contributed by atoms with Crippen molar-refractivity contribution in [3.63, 3.8) is 0 Å². The molecule has 0 aliphatic carbocycles. The summed E-state index contributed by atoms with van der Waals surface area (Å²) >= 11 is 0. The summed E-state index contributed by atoms with van der Waals surface area (Å²) in [5.74, 6) is 1.28. The van der Waals surface area contributed by atoms with Gasteiger partial charge >= 0.3 is 5.76 Å². The van der Waals surface area contributed by atoms with Crippen LogP contribution in [0.4, 0.5) is 0 Å². The number of oxazole rings is 1. The number of aromatic nitrogens is 1. The van der Waals surface area contributed by atoms with Gasteiger partial charge in [0.25, 0.3) is 0 Å². The van der Waals surface area contributed by atoms with Crippen LogP contribution in [0.3, 0.4) is 0 Å². The maximum absolute atomic E-state index is 13.0. The summed E-state index contributed by atoms with van der Waals surface area (Å²) in [7, 11) is 0. The standard InChI is InChI=1S/C24H26N2O5/c27-23(9-4-13-26-19-6-1-2-8-20(19)31-24(26)28)25-12-3-7-18(25)17-10-11-21-22(16-17)30-15-5-14-29-21/h1-2,6,8,10-11,16,18H,3-5,7,9,12-15H2. The number of rotatable bonds is 5. The van der Waals surface area contributed by atoms with Crippen molar-refractivity contribution in [3.05, 3.63) is 58.6 Å². The second kappa shape index (κ2) is 8.49. The predicted octanol–water partition coefficient (Wildman–Crippen LogP) is 3.90. The average Bonchev–Trinajstić information content (AvgIpc) is 3.31. The van der Waals surface area contributed by atoms with Crippen molar-refractivity contribution in [2.45, 2.75) is 44.7 Å². The van der Waals surface area contributed by atoms with Gasteiger partial charge in [-0.15, -0.1) is 0 Å². The molecule has 7 heteroatoms. The minimum atomic E-state index is -0.375. The van der Waals surface area contributed by atoms with Crippen LogP contribution in [0.2, 0.25) is 0 Å². The summed E-state index contributed by atoms with van der Waals surface area (Å²) in [4.78, 5) is 27.1. The molecule has 0 saturated carbocycles. The number of hydrogen-bond acceptors (Lipinski definition) is 5. The van der Waals surface area contributed by atoms with Gasteiger partial charge in [-0.3, -0.25) is 9.36 Å². The third kappa shape index (κ3) is 3.92. The molecule has 0 bridgehead atoms. The molecule has 162 valence electrons. The highest BCUT2D eigenvalue weighted by atomic mass is 16.5. The van der Waals surface area contributed by atoms with E-state index in [-0.39, 0.29) is 17.7 Å². The fourth-order valence-corrected chi connectivity index (χ4v) is 4.56. The van der Waals surface area contributed by atoms with Crippen LogP contribution in [-0.2, 0) is 11.3 Å². The van der Waals surface area contributed by atoms with Gasteiger partial charge in [0.2, 0.25) is 5.91 Å². The molecule has 0 radical (unpaired) electrons. The zero-order chi connectivity index (χ0) is 21.2. The van der Waals surface area contributed by atoms with E-state index in [4.69, 9.17) is 13.9 Å². The first-order valence-electron chi connectivity index (χ1n) is 11.0. The van der Waals surface area contributed by atoms with E-state index in [9.17, 15) is 9.59 Å². The Labute approximate surface area is 180 Å². The van der Waals surface area contributed by atoms with E-state index in [1.165, 1.54) is 0 Å². The first kappa shape index (κ1) is 19.7. The Balaban J connectivity index is 1.25. The Morgan fingerprint density at radius 1 is 1.03 bits per heavy atom. The topological polar surface area (TPSA) is 73.9 Å². The van der Waals surface area contributed by atoms with Gasteiger partial charge in [0.05, 0.1) is 24.8 Å². The number of benzene rings is 2. The predicted molar refractivity (Wildman–Crippen MR) is 115 cm³/mol. The molecule has 1 unspecified atom stereocenters. The molecule has 1 aromatic heterocycles. The average molecular weight is 422 g/mol. The van der Waals surface area contributed by atoms with Gasteiger partial charge < -0.3 is 18.8 Å². The van der Waals surface area contributed by atoms with Crippen molar-refractivity contribution >= 4 is 17.0 Å². The fraction of sp³-hybridized carbons (Fsp3) is 0.417. The lowest BCUT2D eigenvalue weighted by atomic mass is 10.0. The van der Waals surface area contributed by atoms with E-state index < -0.39 is 0 Å². The summed E-state index contributed by atoms with van der Waals surface area (Å²) in [5, 5.41) is 0. The van der Waals surface area contributed by atoms with Gasteiger partial charge in [-0.05, 0) is 49.1 Å². The first-order chi connectivity index (χ1) is 15.2. The van der Waals surface area contributed by atoms with E-state index in [0.29, 0.717) is 38.2 Å². The maximum atomic E-state index is 13.0. The Morgan fingerprint density at radius 2 is 1.87 bits per heavy atom. The molecule has 2 aromatic carbocycles. The van der Waals surface area contributed by atoms with Crippen LogP contribution in [-0.4, -0.2) is 35.1 Å². The van der Waals surface area contributed by atoms with E-state index >= 15 is 0 Å². The smallest absolute Gasteiger partial charge is 0.419 e. The molecule has 0 spiro atoms. The SMILES string of the molecule is O=C(CCCn1c(=O)oc2ccccc21)N1CCCC1c1ccc2c(c1)OCCCO2. The molecule has 1 fully saturated rings. The van der Waals surface area contributed by atoms with Crippen molar-refractivity contribution in [1.29, 1.82) is 0 Å². The Hall–Kier alpha value is -3.22. The quantitative estimate of drug-likeness (QED) is 0.624. The van der Waals surface area contributed by atoms with Gasteiger partial charge in [-0.2, -0.15) is 0 Å². The summed E-state index contributed by atoms with van der Waals surface area (Å²) < 4.78 is 18.4. The number of hydrogen-bond donors (Lipinski definition) is 0. The second-order valence-electron chi connectivity index (χ2n) is 8.09. The van der Waals surface area contributed by atoms with Gasteiger partial charge in [0.15, 0.2) is 17.1 Å². The normalized spacial score (nSPS) is 18.3. The van der Waals surface area contributed by atoms with Gasteiger partial charge in [-0.1, -0.05) is 18.2 Å². The molecule has 2 aliphatic heterocycles. The Kier molecular flexibility index (Phi) is 5.40. The highest BCUT2D eigenvalue weighted by molar-refractivity contribution is 5.77. The van der Waals surface area contributed by atoms with E-state index in [1.54, 1.807) is 10.6 Å². The summed E-state index contributed by atoms with van der Waals surface area (Å²) in [6.45, 7) is 2.53. The van der Waals surface area contributed by atoms with Gasteiger partial charge in [-0.25, -0.2) is 4.79 Å². The molecular weight excluding hydrogens is 396 g/mol. The highest BCUT2D eigenvalue weighted by Crippen LogP contribution is 2.38. The molecule has 2 aliphatic rings. The maximum Gasteiger partial charge on any atom is 0.419 e. The Morgan fingerprint density at radius 3 is 2.77 bits per heavy atom. The lowest BCUT2D eigenvalue weighted by Crippen LogP contribution is -2.30. The number of nitrogens with zero attached hydrogens (tertiary/aromatic N) is 2. The minimum Gasteiger partial charge on any atom is -0.490 e. The zero-order valence-corrected chi connectivity index (χ0v) is 17.4. The lowest BCUT2D eigenvalue weighted by Gasteiger charge is -2.26. The van der Waals surface area contributed by atoms with Crippen molar-refractivity contribution in [1.82, 2.24) is 9.47 Å². The molecule has 3 heterocycles. The molecular formula is C24H26N2O5. The number of ether oxygens (including phenoxy) is 2. The molecule has 1 saturated heterocycles. The number of carbonyl (C=O) groups is 1. The van der Waals surface area contributed by atoms with E-state index in [1.807, 2.05) is 41.3 Å². The molecule has 1 atom stereocenters. The largest absolute Gasteiger partial charge is 0.490 e. The van der Waals surface area contributed by atoms with Crippen LogP contribution in [0.1, 0.15) is 43.7 Å². The molecule has 0 N–H and O–H groups in total. The number of aryl methyl sites for hydroxylation is 1. The Bertz CT molecular complexity index is 1150. The second-order valence-corrected chi connectivity index (χ2v) is 8.09. The van der Waals surface area contributed by atoms with Gasteiger partial charge in [0.1, 0.15) is 0 Å². The van der Waals surface area contributed by atoms with E-state index in [0.717, 1.165) is 48.4 Å². The summed E-state index contributed by atoms with van der Waals surface area (Å²) in [5.41, 5.74) is 2.44. The van der Waals surface area contributed by atoms with Crippen LogP contribution in [0.25, 0.3) is 11.1 Å². The molecule has 31 heavy (non-hydrogen) atoms. The molecule has 3 aromatic rings. The van der Waals surface area contributed by atoms with Crippen LogP contribution in [0.15, 0.2) is 51.7 Å². The number of carbonyl (C=O) groups excluding carboxylic acids is 1. The van der Waals surface area contributed by atoms with Crippen molar-refractivity contribution in [3.8, 4) is 11.5 Å². The summed E-state index contributed by atoms with van der Waals surface area (Å²) in [6, 6.07) is 13.4. The molecule has 7 nitrogen and oxygen atoms in total. The van der Waals surface area contributed by atoms with Crippen molar-refractivity contribution in [2.24, 2.45) is 0 Å². The van der Waals surface area contributed by atoms with Crippen LogP contribution in [0.5, 0.6) is 11.5 Å². The van der Waals surface area contributed by atoms with E-state index in [2.05, 4.69) is 0 Å². The number of likely N-dealkylation sites (tertiary alicyclic amines) is 1. The molecule has 5 rings (SSSR count). The van der Waals surface area contributed by atoms with Gasteiger partial charge in [0, 0.05) is 25.9 Å². The first-order valence-corrected chi connectivity index (χ1v) is 11.0. The highest BCUT2D eigenvalue weighted by Gasteiger charge is 2.30. The van der Waals surface area contributed by atoms with Crippen LogP contribution < -0.4 is 15.2 Å². The fourth-order valence-electron chi connectivity index (χ4n) is 4.56. The monoisotopic (exact) mass is 422 g/mol. The number of amides is 1. The molecule has 1 amide bonds. The van der Waals surface area contributed by atoms with Crippen molar-refractivity contribution in [2.75, 3.05) is 19.8 Å². The lowest BCUT2D eigenvalue weighted by molar-refractivity contribution is -0.132. The third-order valence-electron chi connectivity index (χ3n) is 6.08. The zero-order valence-electron chi connectivity index (χ0n) is 17.4. The number of fused-ring (bicyclic) bond motifs is 2. The summed E-state index contributed by atoms with van der Waals surface area (Å²) in [6.07, 6.45) is 3.78. The van der Waals surface area contributed by atoms with Crippen molar-refractivity contribution < 1.29 is 18.7 Å². The van der Waals surface area contributed by atoms with Crippen LogP contribution >= 0.6 is 0 Å². The third-order valence-corrected chi connectivity index (χ3v) is 6.08. The van der Waals surface area contributed by atoms with Crippen LogP contribution in [0, 0.1) is 0 Å². The number of para-hydroxylation sites is 2.